The molecule has 0 unspecified atom stereocenters. The maximum atomic E-state index is 13.5. The molecule has 0 aromatic heterocycles. The highest BCUT2D eigenvalue weighted by Crippen LogP contribution is 2.44. The van der Waals surface area contributed by atoms with Gasteiger partial charge in [0.2, 0.25) is 29.5 Å². The molecule has 0 bridgehead atoms. The van der Waals surface area contributed by atoms with E-state index in [1.165, 1.54) is 14.2 Å². The number of rotatable bonds is 10. The zero-order valence-corrected chi connectivity index (χ0v) is 54.2. The molecule has 93 heavy (non-hydrogen) atoms. The minimum Gasteiger partial charge on any atom is -0.480 e. The van der Waals surface area contributed by atoms with Gasteiger partial charge in [0.1, 0.15) is 57.5 Å². The largest absolute Gasteiger partial charge is 0.480 e. The van der Waals surface area contributed by atoms with Crippen LogP contribution in [0, 0.1) is 0 Å². The second-order valence-corrected chi connectivity index (χ2v) is 26.6. The number of carboxylic acids is 1. The minimum atomic E-state index is -1.15. The number of benzene rings is 2. The molecule has 6 aliphatic heterocycles. The molecule has 6 N–H and O–H groups in total. The predicted molar refractivity (Wildman–Crippen MR) is 353 cm³/mol. The summed E-state index contributed by atoms with van der Waals surface area (Å²) < 4.78 is 20.0. The van der Waals surface area contributed by atoms with Gasteiger partial charge >= 0.3 is 30.1 Å². The van der Waals surface area contributed by atoms with Crippen LogP contribution in [0.15, 0.2) is 60.7 Å². The third kappa shape index (κ3) is 16.7. The Morgan fingerprint density at radius 1 is 0.495 bits per heavy atom. The molecule has 4 atom stereocenters. The monoisotopic (exact) mass is 1320 g/mol. The van der Waals surface area contributed by atoms with Gasteiger partial charge in [-0.2, -0.15) is 0 Å². The number of alkyl carbamates (subject to hydrolysis) is 2. The molecular formula is C69H107ClN8O15. The maximum Gasteiger partial charge on any atom is 0.408 e. The van der Waals surface area contributed by atoms with Crippen molar-refractivity contribution in [3.05, 3.63) is 71.8 Å². The Kier molecular flexibility index (Phi) is 27.7. The Labute approximate surface area is 556 Å². The van der Waals surface area contributed by atoms with Crippen LogP contribution in [-0.4, -0.2) is 164 Å². The van der Waals surface area contributed by atoms with Crippen LogP contribution in [0.3, 0.4) is 0 Å². The first kappa shape index (κ1) is 78.4. The van der Waals surface area contributed by atoms with Crippen LogP contribution in [-0.2, 0) is 70.5 Å². The Bertz CT molecular complexity index is 2840. The lowest BCUT2D eigenvalue weighted by Crippen LogP contribution is -2.72. The Morgan fingerprint density at radius 2 is 0.882 bits per heavy atom. The lowest BCUT2D eigenvalue weighted by molar-refractivity contribution is -0.160. The first-order chi connectivity index (χ1) is 42.4. The molecule has 4 aliphatic carbocycles. The minimum absolute atomic E-state index is 0. The number of amides is 7. The van der Waals surface area contributed by atoms with Gasteiger partial charge in [0.05, 0.1) is 14.2 Å². The van der Waals surface area contributed by atoms with Gasteiger partial charge in [-0.1, -0.05) is 134 Å². The van der Waals surface area contributed by atoms with Crippen molar-refractivity contribution in [1.29, 1.82) is 0 Å². The molecule has 520 valence electrons. The van der Waals surface area contributed by atoms with Crippen molar-refractivity contribution < 1.29 is 72.0 Å². The van der Waals surface area contributed by atoms with Gasteiger partial charge in [0.25, 0.3) is 0 Å². The topological polar surface area (TPSA) is 298 Å². The average molecular weight is 1320 g/mol. The van der Waals surface area contributed by atoms with E-state index in [1.54, 1.807) is 11.8 Å². The van der Waals surface area contributed by atoms with E-state index in [2.05, 4.69) is 31.3 Å². The number of nitrogens with one attached hydrogen (secondary N) is 5. The second-order valence-electron chi connectivity index (χ2n) is 26.6. The zero-order chi connectivity index (χ0) is 64.3. The first-order valence-corrected chi connectivity index (χ1v) is 32.1. The molecule has 2 aromatic rings. The summed E-state index contributed by atoms with van der Waals surface area (Å²) in [6, 6.07) is 18.7. The van der Waals surface area contributed by atoms with Gasteiger partial charge in [-0.3, -0.25) is 28.8 Å². The number of methoxy groups -OCH3 is 2. The lowest BCUT2D eigenvalue weighted by atomic mass is 9.85. The quantitative estimate of drug-likeness (QED) is 0.0953. The van der Waals surface area contributed by atoms with Gasteiger partial charge in [0.15, 0.2) is 0 Å². The van der Waals surface area contributed by atoms with Crippen LogP contribution in [0.1, 0.15) is 215 Å². The summed E-state index contributed by atoms with van der Waals surface area (Å²) in [6.07, 6.45) is 18.3. The van der Waals surface area contributed by atoms with Crippen molar-refractivity contribution in [2.75, 3.05) is 40.4 Å². The van der Waals surface area contributed by atoms with Crippen molar-refractivity contribution in [2.45, 2.75) is 262 Å². The number of fused-ring (bicyclic) bond motifs is 2. The van der Waals surface area contributed by atoms with Crippen molar-refractivity contribution in [1.82, 2.24) is 41.3 Å². The Morgan fingerprint density at radius 3 is 1.27 bits per heavy atom. The molecule has 23 nitrogen and oxygen atoms in total. The third-order valence-electron chi connectivity index (χ3n) is 20.5. The molecule has 2 spiro atoms. The van der Waals surface area contributed by atoms with Gasteiger partial charge in [-0.15, -0.1) is 12.4 Å². The maximum absolute atomic E-state index is 13.5. The smallest absolute Gasteiger partial charge is 0.408 e. The SMILES string of the molecule is C.C.C.COC(=O)[C@]1(C)CCCN1.COC(=O)[C@]1(C)CCCN1C(=O)C1(NC(=O)OCc2ccccc2)CCCC1.C[C@@]12CCCN1C(=O)C1(CCCC1)NC2=O.C[C@@]12CCCN1C(=O)C1(CCCC1)NC2=O.Cl.O=C(NC1(C(=O)O)CCCC1)OCc1ccccc1. The van der Waals surface area contributed by atoms with E-state index in [0.29, 0.717) is 38.6 Å². The molecule has 4 saturated carbocycles. The summed E-state index contributed by atoms with van der Waals surface area (Å²) in [7, 11) is 2.76. The number of nitrogens with zero attached hydrogens (tertiary/aromatic N) is 3. The molecule has 24 heteroatoms. The van der Waals surface area contributed by atoms with Crippen molar-refractivity contribution in [3.8, 4) is 0 Å². The summed E-state index contributed by atoms with van der Waals surface area (Å²) in [6.45, 7) is 10.6. The number of hydrogen-bond donors (Lipinski definition) is 6. The van der Waals surface area contributed by atoms with E-state index in [0.717, 1.165) is 153 Å². The predicted octanol–water partition coefficient (Wildman–Crippen LogP) is 9.34. The van der Waals surface area contributed by atoms with Gasteiger partial charge in [0, 0.05) is 19.6 Å². The van der Waals surface area contributed by atoms with Crippen LogP contribution in [0.4, 0.5) is 9.59 Å². The molecule has 6 heterocycles. The van der Waals surface area contributed by atoms with Crippen molar-refractivity contribution >= 4 is 72.0 Å². The van der Waals surface area contributed by atoms with E-state index in [9.17, 15) is 53.1 Å². The molecule has 2 aromatic carbocycles. The van der Waals surface area contributed by atoms with Crippen LogP contribution in [0.2, 0.25) is 0 Å². The number of carbonyl (C=O) groups excluding carboxylic acids is 9. The first-order valence-electron chi connectivity index (χ1n) is 32.1. The van der Waals surface area contributed by atoms with Crippen LogP contribution >= 0.6 is 12.4 Å². The number of hydrogen-bond acceptors (Lipinski definition) is 15. The number of piperazine rings is 2. The number of carbonyl (C=O) groups is 10. The molecular weight excluding hydrogens is 1220 g/mol. The summed E-state index contributed by atoms with van der Waals surface area (Å²) in [5, 5.41) is 23.7. The van der Waals surface area contributed by atoms with E-state index in [-0.39, 0.29) is 83.4 Å². The fourth-order valence-corrected chi connectivity index (χ4v) is 14.9. The zero-order valence-electron chi connectivity index (χ0n) is 53.4. The van der Waals surface area contributed by atoms with Crippen molar-refractivity contribution in [3.63, 3.8) is 0 Å². The average Bonchev–Trinajstić information content (AvgIpc) is 1.67. The molecule has 0 radical (unpaired) electrons. The highest BCUT2D eigenvalue weighted by Gasteiger charge is 2.60. The summed E-state index contributed by atoms with van der Waals surface area (Å²) in [4.78, 5) is 127. The van der Waals surface area contributed by atoms with Gasteiger partial charge in [-0.25, -0.2) is 19.2 Å². The standard InChI is InChI=1S/C21H28N2O5.C14H17NO4.2C12H18N2O2.C7H13NO2.3CH4.ClH/c1-20(18(25)27-2)11-8-14-23(20)17(24)21(12-6-7-13-21)22-19(26)28-15-16-9-4-3-5-10-16;16-12(17)14(8-4-5-9-14)15-13(18)19-10-11-6-2-1-3-7-11;2*1-11-5-4-8-14(11)10(16)12(13-9(11)15)6-2-3-7-12;1-7(6(9)10-2)4-3-5-8-7;;;;/h3-5,9-10H,6-8,11-15H2,1-2H3,(H,22,26);1-3,6-7H,4-5,8-10H2,(H,15,18)(H,16,17);2*2-8H2,1H3,(H,13,15);8H,3-5H2,1-2H3;3*1H4;1H/t20-;;2*11-;7-;;;;/m0.000..../s1. The fraction of sp³-hybridized carbons (Fsp3) is 0.681. The number of halogens is 1. The number of esters is 2. The number of aliphatic carboxylic acids is 1. The van der Waals surface area contributed by atoms with Crippen molar-refractivity contribution in [2.24, 2.45) is 0 Å². The number of likely N-dealkylation sites (tertiary alicyclic amines) is 1. The van der Waals surface area contributed by atoms with E-state index < -0.39 is 68.4 Å². The Hall–Kier alpha value is -7.01. The summed E-state index contributed by atoms with van der Waals surface area (Å²) >= 11 is 0. The van der Waals surface area contributed by atoms with E-state index in [1.807, 2.05) is 91.2 Å². The number of ether oxygens (including phenoxy) is 4. The highest BCUT2D eigenvalue weighted by atomic mass is 35.5. The Balaban J connectivity index is 0.000000253. The molecule has 6 saturated heterocycles. The summed E-state index contributed by atoms with van der Waals surface area (Å²) in [5.41, 5.74) is -4.03. The molecule has 12 rings (SSSR count). The van der Waals surface area contributed by atoms with Gasteiger partial charge < -0.3 is 65.3 Å². The third-order valence-corrected chi connectivity index (χ3v) is 20.5. The fourth-order valence-electron chi connectivity index (χ4n) is 14.9. The molecule has 10 fully saturated rings. The molecule has 7 amide bonds. The summed E-state index contributed by atoms with van der Waals surface area (Å²) in [5.74, 6) is -1.30. The normalized spacial score (nSPS) is 26.5. The van der Waals surface area contributed by atoms with Crippen LogP contribution in [0.25, 0.3) is 0 Å². The van der Waals surface area contributed by atoms with Gasteiger partial charge in [-0.05, 0) is 148 Å². The van der Waals surface area contributed by atoms with Crippen LogP contribution < -0.4 is 26.6 Å². The second kappa shape index (κ2) is 32.9. The lowest BCUT2D eigenvalue weighted by Gasteiger charge is -2.46. The van der Waals surface area contributed by atoms with E-state index >= 15 is 0 Å². The number of carboxylic acid groups (broad SMARTS) is 1. The highest BCUT2D eigenvalue weighted by molar-refractivity contribution is 6.04. The van der Waals surface area contributed by atoms with Crippen LogP contribution in [0.5, 0.6) is 0 Å². The van der Waals surface area contributed by atoms with E-state index in [4.69, 9.17) is 14.2 Å². The molecule has 10 aliphatic rings.